The monoisotopic (exact) mass is 577 g/mol. The second-order valence-corrected chi connectivity index (χ2v) is 12.4. The Labute approximate surface area is 253 Å². The Morgan fingerprint density at radius 2 is 0.927 bits per heavy atom. The minimum atomic E-state index is -0.653. The van der Waals surface area contributed by atoms with Gasteiger partial charge >= 0.3 is 11.9 Å². The quantitative estimate of drug-likeness (QED) is 0.0606. The van der Waals surface area contributed by atoms with E-state index in [-0.39, 0.29) is 24.2 Å². The molecule has 0 aromatic rings. The lowest BCUT2D eigenvalue weighted by atomic mass is 9.98. The minimum Gasteiger partial charge on any atom is -0.462 e. The molecule has 239 valence electrons. The second kappa shape index (κ2) is 26.2. The Morgan fingerprint density at radius 3 is 1.39 bits per heavy atom. The van der Waals surface area contributed by atoms with Crippen molar-refractivity contribution in [2.45, 2.75) is 199 Å². The topological polar surface area (TPSA) is 77.3 Å². The van der Waals surface area contributed by atoms with Crippen molar-refractivity contribution in [3.63, 3.8) is 0 Å². The van der Waals surface area contributed by atoms with Gasteiger partial charge < -0.3 is 9.47 Å². The van der Waals surface area contributed by atoms with E-state index in [9.17, 15) is 9.59 Å². The van der Waals surface area contributed by atoms with Gasteiger partial charge in [-0.25, -0.2) is 0 Å². The number of hydrogen-bond donors (Lipinski definition) is 0. The van der Waals surface area contributed by atoms with E-state index in [0.29, 0.717) is 12.8 Å². The van der Waals surface area contributed by atoms with Crippen molar-refractivity contribution in [1.82, 2.24) is 0 Å². The number of hydrogen-bond acceptors (Lipinski definition) is 6. The van der Waals surface area contributed by atoms with Crippen LogP contribution < -0.4 is 0 Å². The number of ether oxygens (including phenoxy) is 2. The van der Waals surface area contributed by atoms with E-state index >= 15 is 0 Å². The normalized spacial score (nSPS) is 14.2. The summed E-state index contributed by atoms with van der Waals surface area (Å²) in [6.07, 6.45) is 30.9. The molecular formula is C35H65N2O4. The summed E-state index contributed by atoms with van der Waals surface area (Å²) < 4.78 is 10.6. The van der Waals surface area contributed by atoms with E-state index in [4.69, 9.17) is 9.47 Å². The largest absolute Gasteiger partial charge is 0.462 e. The molecule has 41 heavy (non-hydrogen) atoms. The molecule has 0 bridgehead atoms. The van der Waals surface area contributed by atoms with E-state index in [1.54, 1.807) is 0 Å². The fourth-order valence-electron chi connectivity index (χ4n) is 5.44. The average molecular weight is 578 g/mol. The van der Waals surface area contributed by atoms with Crippen molar-refractivity contribution in [3.8, 4) is 0 Å². The van der Waals surface area contributed by atoms with Crippen LogP contribution in [0.3, 0.4) is 0 Å². The van der Waals surface area contributed by atoms with Gasteiger partial charge in [-0.05, 0) is 45.4 Å². The summed E-state index contributed by atoms with van der Waals surface area (Å²) in [6, 6.07) is 0. The summed E-state index contributed by atoms with van der Waals surface area (Å²) in [6.45, 7) is 8.36. The van der Waals surface area contributed by atoms with Gasteiger partial charge in [-0.2, -0.15) is 10.2 Å². The molecule has 0 aromatic heterocycles. The molecule has 0 amide bonds. The lowest BCUT2D eigenvalue weighted by Crippen LogP contribution is -2.22. The van der Waals surface area contributed by atoms with E-state index in [1.807, 2.05) is 0 Å². The van der Waals surface area contributed by atoms with Gasteiger partial charge in [0.2, 0.25) is 0 Å². The lowest BCUT2D eigenvalue weighted by molar-refractivity contribution is -0.156. The molecule has 1 radical (unpaired) electrons. The van der Waals surface area contributed by atoms with Crippen molar-refractivity contribution in [3.05, 3.63) is 6.92 Å². The maximum atomic E-state index is 12.1. The van der Waals surface area contributed by atoms with Crippen LogP contribution in [0.5, 0.6) is 0 Å². The number of unbranched alkanes of at least 4 members (excludes halogenated alkanes) is 20. The first-order valence-corrected chi connectivity index (χ1v) is 17.6. The molecule has 0 fully saturated rings. The van der Waals surface area contributed by atoms with Gasteiger partial charge in [0.05, 0.1) is 0 Å². The van der Waals surface area contributed by atoms with Crippen LogP contribution in [0.1, 0.15) is 187 Å². The third kappa shape index (κ3) is 23.8. The summed E-state index contributed by atoms with van der Waals surface area (Å²) in [5.74, 6) is -0.505. The maximum Gasteiger partial charge on any atom is 0.306 e. The highest BCUT2D eigenvalue weighted by Crippen LogP contribution is 2.38. The molecule has 0 saturated heterocycles. The van der Waals surface area contributed by atoms with E-state index in [1.165, 1.54) is 122 Å². The Kier molecular flexibility index (Phi) is 24.0. The molecule has 1 atom stereocenters. The number of carbonyl (C=O) groups excluding carboxylic acids is 2. The van der Waals surface area contributed by atoms with Crippen LogP contribution in [-0.4, -0.2) is 30.3 Å². The van der Waals surface area contributed by atoms with Crippen molar-refractivity contribution in [1.29, 1.82) is 0 Å². The first-order valence-electron chi connectivity index (χ1n) is 17.6. The standard InChI is InChI=1S/C35H65N2O4/c1-4-6-8-10-12-14-16-17-19-21-23-27-33(38)40-31-32(3)41-34(39)28-24-26-30-35(36-37-35)29-25-22-20-18-15-13-11-9-7-5-2/h32H,3-31H2,1-2H3. The SMILES string of the molecule is [CH2]C(COC(=O)CCCCCCCCCCCCC)OC(=O)CCCCC1(CCCCCCCCCCCC)N=N1. The van der Waals surface area contributed by atoms with Crippen LogP contribution in [0.15, 0.2) is 10.2 Å². The molecule has 1 aliphatic heterocycles. The molecule has 0 spiro atoms. The van der Waals surface area contributed by atoms with E-state index in [2.05, 4.69) is 31.0 Å². The third-order valence-electron chi connectivity index (χ3n) is 8.23. The fourth-order valence-corrected chi connectivity index (χ4v) is 5.44. The van der Waals surface area contributed by atoms with Crippen LogP contribution in [0.4, 0.5) is 0 Å². The van der Waals surface area contributed by atoms with Gasteiger partial charge in [-0.3, -0.25) is 9.59 Å². The number of carbonyl (C=O) groups is 2. The molecule has 0 aliphatic carbocycles. The Morgan fingerprint density at radius 1 is 0.561 bits per heavy atom. The summed E-state index contributed by atoms with van der Waals surface area (Å²) in [7, 11) is 0. The fraction of sp³-hybridized carbons (Fsp3) is 0.914. The number of esters is 2. The predicted molar refractivity (Wildman–Crippen MR) is 170 cm³/mol. The van der Waals surface area contributed by atoms with Gasteiger partial charge in [-0.15, -0.1) is 0 Å². The smallest absolute Gasteiger partial charge is 0.306 e. The molecule has 1 unspecified atom stereocenters. The molecule has 1 rings (SSSR count). The van der Waals surface area contributed by atoms with Crippen molar-refractivity contribution < 1.29 is 19.1 Å². The molecule has 6 heteroatoms. The van der Waals surface area contributed by atoms with Crippen LogP contribution >= 0.6 is 0 Å². The Balaban J connectivity index is 1.91. The number of rotatable bonds is 31. The second-order valence-electron chi connectivity index (χ2n) is 12.4. The molecule has 1 heterocycles. The van der Waals surface area contributed by atoms with Gasteiger partial charge in [0.25, 0.3) is 0 Å². The van der Waals surface area contributed by atoms with Gasteiger partial charge in [-0.1, -0.05) is 136 Å². The Hall–Kier alpha value is -1.46. The van der Waals surface area contributed by atoms with Gasteiger partial charge in [0.1, 0.15) is 12.7 Å². The zero-order chi connectivity index (χ0) is 29.9. The van der Waals surface area contributed by atoms with Crippen molar-refractivity contribution >= 4 is 11.9 Å². The van der Waals surface area contributed by atoms with E-state index < -0.39 is 6.10 Å². The van der Waals surface area contributed by atoms with Crippen LogP contribution in [0.2, 0.25) is 0 Å². The first kappa shape index (κ1) is 37.6. The van der Waals surface area contributed by atoms with Crippen LogP contribution in [0.25, 0.3) is 0 Å². The molecule has 0 saturated carbocycles. The summed E-state index contributed by atoms with van der Waals surface area (Å²) in [5.41, 5.74) is -0.166. The molecule has 1 aliphatic rings. The average Bonchev–Trinajstić information content (AvgIpc) is 3.73. The third-order valence-corrected chi connectivity index (χ3v) is 8.23. The highest BCUT2D eigenvalue weighted by molar-refractivity contribution is 5.70. The molecule has 0 aromatic carbocycles. The molecular weight excluding hydrogens is 512 g/mol. The Bertz CT molecular complexity index is 661. The van der Waals surface area contributed by atoms with Crippen molar-refractivity contribution in [2.24, 2.45) is 10.2 Å². The zero-order valence-corrected chi connectivity index (χ0v) is 27.1. The number of nitrogens with zero attached hydrogens (tertiary/aromatic N) is 2. The lowest BCUT2D eigenvalue weighted by Gasteiger charge is -2.14. The molecule has 0 N–H and O–H groups in total. The predicted octanol–water partition coefficient (Wildman–Crippen LogP) is 11.0. The highest BCUT2D eigenvalue weighted by Gasteiger charge is 2.38. The summed E-state index contributed by atoms with van der Waals surface area (Å²) in [4.78, 5) is 24.1. The van der Waals surface area contributed by atoms with Gasteiger partial charge in [0.15, 0.2) is 5.66 Å². The van der Waals surface area contributed by atoms with Crippen LogP contribution in [-0.2, 0) is 19.1 Å². The highest BCUT2D eigenvalue weighted by atomic mass is 16.6. The summed E-state index contributed by atoms with van der Waals surface area (Å²) in [5, 5.41) is 8.64. The minimum absolute atomic E-state index is 0.0301. The van der Waals surface area contributed by atoms with Crippen LogP contribution in [0, 0.1) is 6.92 Å². The maximum absolute atomic E-state index is 12.1. The first-order chi connectivity index (χ1) is 20.0. The summed E-state index contributed by atoms with van der Waals surface area (Å²) >= 11 is 0. The molecule has 6 nitrogen and oxygen atoms in total. The van der Waals surface area contributed by atoms with Gasteiger partial charge in [0, 0.05) is 12.8 Å². The van der Waals surface area contributed by atoms with E-state index in [0.717, 1.165) is 38.5 Å². The zero-order valence-electron chi connectivity index (χ0n) is 27.1. The van der Waals surface area contributed by atoms with Crippen molar-refractivity contribution in [2.75, 3.05) is 6.61 Å².